The highest BCUT2D eigenvalue weighted by Crippen LogP contribution is 2.30. The van der Waals surface area contributed by atoms with Crippen molar-refractivity contribution >= 4 is 29.3 Å². The second kappa shape index (κ2) is 7.79. The molecule has 0 spiro atoms. The lowest BCUT2D eigenvalue weighted by atomic mass is 9.83. The van der Waals surface area contributed by atoms with Gasteiger partial charge in [-0.05, 0) is 45.2 Å². The SMILES string of the molecule is Cc1ccc(NC(=O)C(C)SC2NC(=O)C3CCCCC3N2)c(C)c1. The molecule has 3 rings (SSSR count). The van der Waals surface area contributed by atoms with Gasteiger partial charge in [-0.25, -0.2) is 0 Å². The molecule has 4 unspecified atom stereocenters. The lowest BCUT2D eigenvalue weighted by Crippen LogP contribution is -2.61. The van der Waals surface area contributed by atoms with Crippen LogP contribution in [0.4, 0.5) is 5.69 Å². The summed E-state index contributed by atoms with van der Waals surface area (Å²) in [5, 5.41) is 9.25. The number of nitrogens with one attached hydrogen (secondary N) is 3. The van der Waals surface area contributed by atoms with Gasteiger partial charge in [0.2, 0.25) is 11.8 Å². The molecule has 6 heteroatoms. The van der Waals surface area contributed by atoms with Gasteiger partial charge in [0.25, 0.3) is 0 Å². The lowest BCUT2D eigenvalue weighted by molar-refractivity contribution is -0.129. The van der Waals surface area contributed by atoms with E-state index in [0.29, 0.717) is 0 Å². The highest BCUT2D eigenvalue weighted by atomic mass is 32.2. The minimum Gasteiger partial charge on any atom is -0.331 e. The number of carbonyl (C=O) groups is 2. The summed E-state index contributed by atoms with van der Waals surface area (Å²) >= 11 is 1.46. The molecule has 2 fully saturated rings. The summed E-state index contributed by atoms with van der Waals surface area (Å²) in [7, 11) is 0. The first-order chi connectivity index (χ1) is 11.9. The zero-order valence-corrected chi connectivity index (χ0v) is 15.9. The summed E-state index contributed by atoms with van der Waals surface area (Å²) in [6, 6.07) is 6.23. The number of thioether (sulfide) groups is 1. The molecule has 2 amide bonds. The molecule has 25 heavy (non-hydrogen) atoms. The van der Waals surface area contributed by atoms with E-state index in [1.54, 1.807) is 0 Å². The Hall–Kier alpha value is -1.53. The van der Waals surface area contributed by atoms with Gasteiger partial charge in [0, 0.05) is 11.7 Å². The summed E-state index contributed by atoms with van der Waals surface area (Å²) in [5.74, 6) is 0.173. The first-order valence-electron chi connectivity index (χ1n) is 9.04. The maximum absolute atomic E-state index is 12.5. The van der Waals surface area contributed by atoms with E-state index in [4.69, 9.17) is 0 Å². The molecule has 1 saturated heterocycles. The number of anilines is 1. The highest BCUT2D eigenvalue weighted by Gasteiger charge is 2.38. The summed E-state index contributed by atoms with van der Waals surface area (Å²) in [6.45, 7) is 5.91. The van der Waals surface area contributed by atoms with Gasteiger partial charge in [0.05, 0.1) is 11.2 Å². The van der Waals surface area contributed by atoms with Crippen LogP contribution in [0.25, 0.3) is 0 Å². The molecule has 3 N–H and O–H groups in total. The first kappa shape index (κ1) is 18.3. The van der Waals surface area contributed by atoms with E-state index in [0.717, 1.165) is 30.5 Å². The van der Waals surface area contributed by atoms with E-state index < -0.39 is 0 Å². The normalized spacial score (nSPS) is 27.2. The Morgan fingerprint density at radius 2 is 2.04 bits per heavy atom. The molecule has 1 aliphatic heterocycles. The molecule has 4 atom stereocenters. The molecule has 0 aromatic heterocycles. The smallest absolute Gasteiger partial charge is 0.237 e. The summed E-state index contributed by atoms with van der Waals surface area (Å²) in [4.78, 5) is 24.8. The maximum atomic E-state index is 12.5. The topological polar surface area (TPSA) is 70.2 Å². The number of amides is 2. The van der Waals surface area contributed by atoms with Crippen LogP contribution in [0.15, 0.2) is 18.2 Å². The summed E-state index contributed by atoms with van der Waals surface area (Å²) in [5.41, 5.74) is 2.87. The van der Waals surface area contributed by atoms with Crippen LogP contribution >= 0.6 is 11.8 Å². The number of carbonyl (C=O) groups excluding carboxylic acids is 2. The van der Waals surface area contributed by atoms with E-state index in [1.807, 2.05) is 32.9 Å². The van der Waals surface area contributed by atoms with Crippen LogP contribution in [0.1, 0.15) is 43.7 Å². The van der Waals surface area contributed by atoms with Crippen LogP contribution < -0.4 is 16.0 Å². The predicted octanol–water partition coefficient (Wildman–Crippen LogP) is 2.93. The molecule has 1 aromatic rings. The summed E-state index contributed by atoms with van der Waals surface area (Å²) in [6.07, 6.45) is 4.30. The summed E-state index contributed by atoms with van der Waals surface area (Å²) < 4.78 is 0. The van der Waals surface area contributed by atoms with Crippen molar-refractivity contribution in [3.63, 3.8) is 0 Å². The molecule has 1 saturated carbocycles. The van der Waals surface area contributed by atoms with Crippen molar-refractivity contribution in [2.24, 2.45) is 5.92 Å². The largest absolute Gasteiger partial charge is 0.331 e. The van der Waals surface area contributed by atoms with Crippen LogP contribution in [0, 0.1) is 19.8 Å². The number of fused-ring (bicyclic) bond motifs is 1. The average Bonchev–Trinajstić information content (AvgIpc) is 2.57. The van der Waals surface area contributed by atoms with Crippen molar-refractivity contribution in [3.8, 4) is 0 Å². The third kappa shape index (κ3) is 4.36. The second-order valence-electron chi connectivity index (χ2n) is 7.14. The van der Waals surface area contributed by atoms with Crippen molar-refractivity contribution < 1.29 is 9.59 Å². The Morgan fingerprint density at radius 1 is 1.28 bits per heavy atom. The molecule has 1 heterocycles. The van der Waals surface area contributed by atoms with E-state index in [9.17, 15) is 9.59 Å². The molecule has 0 bridgehead atoms. The second-order valence-corrected chi connectivity index (χ2v) is 8.59. The van der Waals surface area contributed by atoms with Crippen molar-refractivity contribution in [1.82, 2.24) is 10.6 Å². The number of benzene rings is 1. The standard InChI is InChI=1S/C19H27N3O2S/c1-11-8-9-15(12(2)10-11)20-17(23)13(3)25-19-21-16-7-5-4-6-14(16)18(24)22-19/h8-10,13-14,16,19,21H,4-7H2,1-3H3,(H,20,23)(H,22,24). The minimum atomic E-state index is -0.265. The Morgan fingerprint density at radius 3 is 2.80 bits per heavy atom. The van der Waals surface area contributed by atoms with Crippen LogP contribution in [0.3, 0.4) is 0 Å². The predicted molar refractivity (Wildman–Crippen MR) is 102 cm³/mol. The maximum Gasteiger partial charge on any atom is 0.237 e. The van der Waals surface area contributed by atoms with Crippen LogP contribution in [-0.2, 0) is 9.59 Å². The zero-order valence-electron chi connectivity index (χ0n) is 15.1. The Labute approximate surface area is 153 Å². The fraction of sp³-hybridized carbons (Fsp3) is 0.579. The third-order valence-electron chi connectivity index (χ3n) is 5.09. The Kier molecular flexibility index (Phi) is 5.69. The zero-order chi connectivity index (χ0) is 18.0. The van der Waals surface area contributed by atoms with Gasteiger partial charge in [-0.15, -0.1) is 11.8 Å². The van der Waals surface area contributed by atoms with Crippen molar-refractivity contribution in [1.29, 1.82) is 0 Å². The molecule has 136 valence electrons. The number of hydrogen-bond donors (Lipinski definition) is 3. The highest BCUT2D eigenvalue weighted by molar-refractivity contribution is 8.01. The fourth-order valence-corrected chi connectivity index (χ4v) is 4.67. The number of rotatable bonds is 4. The van der Waals surface area contributed by atoms with Gasteiger partial charge in [-0.3, -0.25) is 14.9 Å². The van der Waals surface area contributed by atoms with Crippen LogP contribution in [0.5, 0.6) is 0 Å². The average molecular weight is 362 g/mol. The molecule has 1 aliphatic carbocycles. The Balaban J connectivity index is 1.57. The van der Waals surface area contributed by atoms with E-state index in [1.165, 1.54) is 23.7 Å². The first-order valence-corrected chi connectivity index (χ1v) is 9.98. The van der Waals surface area contributed by atoms with Crippen LogP contribution in [0.2, 0.25) is 0 Å². The molecule has 5 nitrogen and oxygen atoms in total. The minimum absolute atomic E-state index is 0.0428. The van der Waals surface area contributed by atoms with Crippen molar-refractivity contribution in [2.45, 2.75) is 63.2 Å². The van der Waals surface area contributed by atoms with Gasteiger partial charge in [-0.2, -0.15) is 0 Å². The lowest BCUT2D eigenvalue weighted by Gasteiger charge is -2.40. The van der Waals surface area contributed by atoms with E-state index in [2.05, 4.69) is 22.0 Å². The number of aryl methyl sites for hydroxylation is 2. The molecular weight excluding hydrogens is 334 g/mol. The van der Waals surface area contributed by atoms with E-state index in [-0.39, 0.29) is 34.5 Å². The van der Waals surface area contributed by atoms with Crippen molar-refractivity contribution in [3.05, 3.63) is 29.3 Å². The fourth-order valence-electron chi connectivity index (χ4n) is 3.64. The van der Waals surface area contributed by atoms with Gasteiger partial charge in [0.15, 0.2) is 0 Å². The number of hydrogen-bond acceptors (Lipinski definition) is 4. The third-order valence-corrected chi connectivity index (χ3v) is 6.24. The van der Waals surface area contributed by atoms with E-state index >= 15 is 0 Å². The monoisotopic (exact) mass is 361 g/mol. The van der Waals surface area contributed by atoms with Crippen LogP contribution in [-0.4, -0.2) is 28.6 Å². The molecule has 1 aromatic carbocycles. The Bertz CT molecular complexity index is 664. The molecule has 2 aliphatic rings. The quantitative estimate of drug-likeness (QED) is 0.771. The van der Waals surface area contributed by atoms with Gasteiger partial charge in [0.1, 0.15) is 5.50 Å². The van der Waals surface area contributed by atoms with Gasteiger partial charge >= 0.3 is 0 Å². The van der Waals surface area contributed by atoms with Crippen molar-refractivity contribution in [2.75, 3.05) is 5.32 Å². The van der Waals surface area contributed by atoms with Gasteiger partial charge < -0.3 is 10.6 Å². The van der Waals surface area contributed by atoms with Gasteiger partial charge in [-0.1, -0.05) is 30.5 Å². The molecular formula is C19H27N3O2S. The molecule has 0 radical (unpaired) electrons.